The molecule has 0 aliphatic carbocycles. The van der Waals surface area contributed by atoms with Gasteiger partial charge in [0.25, 0.3) is 0 Å². The number of nitrogens with zero attached hydrogens (tertiary/aromatic N) is 2. The van der Waals surface area contributed by atoms with Crippen LogP contribution in [0, 0.1) is 5.38 Å². The quantitative estimate of drug-likeness (QED) is 0.718. The van der Waals surface area contributed by atoms with Crippen LogP contribution in [0.2, 0.25) is 0 Å². The van der Waals surface area contributed by atoms with Gasteiger partial charge in [0.05, 0.1) is 17.3 Å². The van der Waals surface area contributed by atoms with Gasteiger partial charge >= 0.3 is 6.18 Å². The van der Waals surface area contributed by atoms with Gasteiger partial charge in [0, 0.05) is 0 Å². The molecule has 0 aromatic carbocycles. The minimum atomic E-state index is -4.38. The summed E-state index contributed by atoms with van der Waals surface area (Å²) in [6.45, 7) is 0. The molecule has 0 spiro atoms. The van der Waals surface area contributed by atoms with Crippen LogP contribution in [0.5, 0.6) is 0 Å². The van der Waals surface area contributed by atoms with E-state index in [0.29, 0.717) is 5.69 Å². The van der Waals surface area contributed by atoms with E-state index >= 15 is 0 Å². The summed E-state index contributed by atoms with van der Waals surface area (Å²) in [5, 5.41) is 7.94. The molecule has 1 radical (unpaired) electrons. The van der Waals surface area contributed by atoms with Crippen LogP contribution in [0.4, 0.5) is 13.2 Å². The van der Waals surface area contributed by atoms with Crippen molar-refractivity contribution in [1.82, 2.24) is 9.78 Å². The summed E-state index contributed by atoms with van der Waals surface area (Å²) in [5.74, 6) is 0. The number of alkyl halides is 3. The standard InChI is InChI=1S/C8H4F3N2S/c9-8(10,11)7-1-3-12-13(7)6-2-4-14-5-6/h1-4H. The van der Waals surface area contributed by atoms with E-state index in [1.807, 2.05) is 0 Å². The zero-order chi connectivity index (χ0) is 10.2. The fourth-order valence-corrected chi connectivity index (χ4v) is 1.59. The third-order valence-corrected chi connectivity index (χ3v) is 2.22. The van der Waals surface area contributed by atoms with E-state index in [9.17, 15) is 13.2 Å². The van der Waals surface area contributed by atoms with Crippen molar-refractivity contribution in [2.45, 2.75) is 6.18 Å². The van der Waals surface area contributed by atoms with Crippen LogP contribution in [0.25, 0.3) is 5.69 Å². The molecule has 14 heavy (non-hydrogen) atoms. The highest BCUT2D eigenvalue weighted by atomic mass is 32.1. The number of rotatable bonds is 1. The Morgan fingerprint density at radius 2 is 2.14 bits per heavy atom. The zero-order valence-electron chi connectivity index (χ0n) is 6.75. The first kappa shape index (κ1) is 9.26. The second-order valence-electron chi connectivity index (χ2n) is 2.53. The van der Waals surface area contributed by atoms with Crippen molar-refractivity contribution < 1.29 is 13.2 Å². The smallest absolute Gasteiger partial charge is 0.227 e. The molecule has 0 amide bonds. The van der Waals surface area contributed by atoms with Crippen LogP contribution in [0.1, 0.15) is 5.69 Å². The number of thiophene rings is 1. The van der Waals surface area contributed by atoms with Crippen molar-refractivity contribution in [2.24, 2.45) is 0 Å². The van der Waals surface area contributed by atoms with E-state index in [4.69, 9.17) is 0 Å². The molecular formula is C8H4F3N2S. The van der Waals surface area contributed by atoms with E-state index < -0.39 is 11.9 Å². The van der Waals surface area contributed by atoms with Gasteiger partial charge in [0.1, 0.15) is 5.69 Å². The molecule has 2 aromatic rings. The van der Waals surface area contributed by atoms with Crippen molar-refractivity contribution in [3.63, 3.8) is 0 Å². The summed E-state index contributed by atoms with van der Waals surface area (Å²) in [5.41, 5.74) is -0.473. The monoisotopic (exact) mass is 217 g/mol. The highest BCUT2D eigenvalue weighted by Crippen LogP contribution is 2.30. The molecule has 0 atom stereocenters. The van der Waals surface area contributed by atoms with Crippen LogP contribution in [0.15, 0.2) is 23.7 Å². The average molecular weight is 217 g/mol. The maximum Gasteiger partial charge on any atom is 0.433 e. The van der Waals surface area contributed by atoms with E-state index in [0.717, 1.165) is 16.9 Å². The van der Waals surface area contributed by atoms with Gasteiger partial charge in [-0.2, -0.15) is 18.3 Å². The Kier molecular flexibility index (Phi) is 2.07. The normalized spacial score (nSPS) is 11.9. The lowest BCUT2D eigenvalue weighted by Gasteiger charge is -2.07. The van der Waals surface area contributed by atoms with Gasteiger partial charge in [-0.15, -0.1) is 11.3 Å². The van der Waals surface area contributed by atoms with E-state index in [-0.39, 0.29) is 0 Å². The Hall–Kier alpha value is -1.30. The first-order chi connectivity index (χ1) is 6.59. The molecule has 2 nitrogen and oxygen atoms in total. The molecule has 0 aliphatic rings. The predicted molar refractivity (Wildman–Crippen MR) is 45.3 cm³/mol. The van der Waals surface area contributed by atoms with E-state index in [1.54, 1.807) is 5.38 Å². The lowest BCUT2D eigenvalue weighted by atomic mass is 10.4. The second-order valence-corrected chi connectivity index (χ2v) is 3.25. The van der Waals surface area contributed by atoms with Gasteiger partial charge in [0.15, 0.2) is 0 Å². The molecule has 0 saturated carbocycles. The number of hydrogen-bond acceptors (Lipinski definition) is 2. The number of halogens is 3. The molecule has 0 saturated heterocycles. The summed E-state index contributed by atoms with van der Waals surface area (Å²) in [4.78, 5) is 0. The van der Waals surface area contributed by atoms with Crippen molar-refractivity contribution in [3.05, 3.63) is 34.8 Å². The lowest BCUT2D eigenvalue weighted by molar-refractivity contribution is -0.142. The van der Waals surface area contributed by atoms with Gasteiger partial charge in [-0.3, -0.25) is 0 Å². The summed E-state index contributed by atoms with van der Waals surface area (Å²) in [6, 6.07) is 2.47. The van der Waals surface area contributed by atoms with Crippen molar-refractivity contribution in [1.29, 1.82) is 0 Å². The van der Waals surface area contributed by atoms with Gasteiger partial charge in [0.2, 0.25) is 0 Å². The first-order valence-corrected chi connectivity index (χ1v) is 4.54. The highest BCUT2D eigenvalue weighted by molar-refractivity contribution is 7.07. The molecule has 2 heterocycles. The third kappa shape index (κ3) is 1.52. The Labute approximate surface area is 81.6 Å². The molecule has 73 valence electrons. The fourth-order valence-electron chi connectivity index (χ4n) is 1.05. The summed E-state index contributed by atoms with van der Waals surface area (Å²) < 4.78 is 38.0. The Morgan fingerprint density at radius 1 is 1.36 bits per heavy atom. The molecule has 2 aromatic heterocycles. The van der Waals surface area contributed by atoms with Crippen LogP contribution < -0.4 is 0 Å². The van der Waals surface area contributed by atoms with Gasteiger partial charge in [-0.1, -0.05) is 0 Å². The SMILES string of the molecule is FC(F)(F)c1ccnn1-c1[c]scc1. The van der Waals surface area contributed by atoms with Crippen molar-refractivity contribution in [2.75, 3.05) is 0 Å². The zero-order valence-corrected chi connectivity index (χ0v) is 7.56. The molecule has 0 aliphatic heterocycles. The van der Waals surface area contributed by atoms with Crippen molar-refractivity contribution >= 4 is 11.3 Å². The Morgan fingerprint density at radius 3 is 2.71 bits per heavy atom. The highest BCUT2D eigenvalue weighted by Gasteiger charge is 2.35. The van der Waals surface area contributed by atoms with Gasteiger partial charge in [-0.25, -0.2) is 4.68 Å². The molecule has 6 heteroatoms. The van der Waals surface area contributed by atoms with Gasteiger partial charge < -0.3 is 0 Å². The van der Waals surface area contributed by atoms with Crippen LogP contribution in [-0.4, -0.2) is 9.78 Å². The maximum atomic E-state index is 12.4. The van der Waals surface area contributed by atoms with Crippen LogP contribution >= 0.6 is 11.3 Å². The minimum absolute atomic E-state index is 0.312. The summed E-state index contributed by atoms with van der Waals surface area (Å²) in [6.07, 6.45) is -3.26. The fraction of sp³-hybridized carbons (Fsp3) is 0.125. The predicted octanol–water partition coefficient (Wildman–Crippen LogP) is 2.75. The molecule has 2 rings (SSSR count). The molecular weight excluding hydrogens is 213 g/mol. The van der Waals surface area contributed by atoms with E-state index in [1.165, 1.54) is 17.4 Å². The summed E-state index contributed by atoms with van der Waals surface area (Å²) in [7, 11) is 0. The maximum absolute atomic E-state index is 12.4. The van der Waals surface area contributed by atoms with Crippen LogP contribution in [-0.2, 0) is 6.18 Å². The molecule has 0 fully saturated rings. The first-order valence-electron chi connectivity index (χ1n) is 3.66. The van der Waals surface area contributed by atoms with Gasteiger partial charge in [-0.05, 0) is 17.5 Å². The summed E-state index contributed by atoms with van der Waals surface area (Å²) >= 11 is 1.20. The number of aromatic nitrogens is 2. The Balaban J connectivity index is 2.51. The molecule has 0 N–H and O–H groups in total. The Bertz CT molecular complexity index is 416. The third-order valence-electron chi connectivity index (χ3n) is 1.62. The van der Waals surface area contributed by atoms with Crippen molar-refractivity contribution in [3.8, 4) is 5.69 Å². The lowest BCUT2D eigenvalue weighted by Crippen LogP contribution is -2.12. The minimum Gasteiger partial charge on any atom is -0.227 e. The number of hydrogen-bond donors (Lipinski definition) is 0. The largest absolute Gasteiger partial charge is 0.433 e. The second kappa shape index (κ2) is 3.13. The van der Waals surface area contributed by atoms with Crippen LogP contribution in [0.3, 0.4) is 0 Å². The van der Waals surface area contributed by atoms with E-state index in [2.05, 4.69) is 10.5 Å². The molecule has 0 unspecified atom stereocenters. The topological polar surface area (TPSA) is 17.8 Å². The average Bonchev–Trinajstić information content (AvgIpc) is 2.73. The molecule has 0 bridgehead atoms.